The third-order valence-corrected chi connectivity index (χ3v) is 4.67. The molecule has 2 rings (SSSR count). The van der Waals surface area contributed by atoms with E-state index in [2.05, 4.69) is 6.58 Å². The molecule has 22 heavy (non-hydrogen) atoms. The minimum Gasteiger partial charge on any atom is -0.469 e. The van der Waals surface area contributed by atoms with E-state index in [4.69, 9.17) is 4.74 Å². The lowest BCUT2D eigenvalue weighted by Gasteiger charge is -2.36. The highest BCUT2D eigenvalue weighted by atomic mass is 16.5. The van der Waals surface area contributed by atoms with Gasteiger partial charge in [-0.2, -0.15) is 0 Å². The monoisotopic (exact) mass is 308 g/mol. The number of carbonyl (C=O) groups excluding carboxylic acids is 3. The Morgan fingerprint density at radius 3 is 1.95 bits per heavy atom. The number of hydrogen-bond acceptors (Lipinski definition) is 4. The number of esters is 1. The Morgan fingerprint density at radius 1 is 0.955 bits per heavy atom. The van der Waals surface area contributed by atoms with Gasteiger partial charge in [0.05, 0.1) is 13.0 Å². The molecule has 2 saturated heterocycles. The summed E-state index contributed by atoms with van der Waals surface area (Å²) >= 11 is 0. The van der Waals surface area contributed by atoms with Gasteiger partial charge in [0.15, 0.2) is 0 Å². The molecule has 2 fully saturated rings. The van der Waals surface area contributed by atoms with Crippen LogP contribution >= 0.6 is 0 Å². The molecular weight excluding hydrogens is 284 g/mol. The van der Waals surface area contributed by atoms with E-state index < -0.39 is 0 Å². The lowest BCUT2D eigenvalue weighted by atomic mass is 9.92. The molecular formula is C16H24N2O4. The molecule has 0 radical (unpaired) electrons. The molecule has 122 valence electrons. The highest BCUT2D eigenvalue weighted by molar-refractivity contribution is 5.87. The molecule has 0 N–H and O–H groups in total. The molecule has 0 aromatic carbocycles. The second-order valence-electron chi connectivity index (χ2n) is 5.93. The third-order valence-electron chi connectivity index (χ3n) is 4.67. The number of rotatable bonds is 3. The van der Waals surface area contributed by atoms with E-state index >= 15 is 0 Å². The van der Waals surface area contributed by atoms with Crippen LogP contribution in [0.4, 0.5) is 0 Å². The van der Waals surface area contributed by atoms with Crippen LogP contribution in [-0.4, -0.2) is 60.9 Å². The van der Waals surface area contributed by atoms with Crippen molar-refractivity contribution in [1.82, 2.24) is 9.80 Å². The predicted octanol–water partition coefficient (Wildman–Crippen LogP) is 0.823. The van der Waals surface area contributed by atoms with Crippen LogP contribution in [0.5, 0.6) is 0 Å². The molecule has 2 heterocycles. The van der Waals surface area contributed by atoms with Crippen molar-refractivity contribution in [3.63, 3.8) is 0 Å². The Morgan fingerprint density at radius 2 is 1.45 bits per heavy atom. The Bertz CT molecular complexity index is 447. The Balaban J connectivity index is 1.80. The first-order chi connectivity index (χ1) is 10.6. The fourth-order valence-corrected chi connectivity index (χ4v) is 3.24. The van der Waals surface area contributed by atoms with Crippen LogP contribution < -0.4 is 0 Å². The van der Waals surface area contributed by atoms with Crippen molar-refractivity contribution in [2.45, 2.75) is 25.7 Å². The summed E-state index contributed by atoms with van der Waals surface area (Å²) in [5.41, 5.74) is 0. The summed E-state index contributed by atoms with van der Waals surface area (Å²) < 4.78 is 4.76. The topological polar surface area (TPSA) is 66.9 Å². The van der Waals surface area contributed by atoms with Crippen LogP contribution in [0.15, 0.2) is 12.7 Å². The predicted molar refractivity (Wildman–Crippen MR) is 80.8 cm³/mol. The molecule has 2 amide bonds. The number of amides is 2. The number of ether oxygens (including phenoxy) is 1. The standard InChI is InChI=1S/C16H24N2O4/c1-3-14(19)17-8-4-12(5-9-17)15(20)18-10-6-13(7-11-18)16(21)22-2/h3,12-13H,1,4-11H2,2H3. The maximum atomic E-state index is 12.5. The molecule has 2 aliphatic heterocycles. The van der Waals surface area contributed by atoms with E-state index in [0.717, 1.165) is 0 Å². The lowest BCUT2D eigenvalue weighted by Crippen LogP contribution is -2.47. The summed E-state index contributed by atoms with van der Waals surface area (Å²) in [4.78, 5) is 39.2. The van der Waals surface area contributed by atoms with Crippen molar-refractivity contribution >= 4 is 17.8 Å². The highest BCUT2D eigenvalue weighted by Crippen LogP contribution is 2.24. The molecule has 0 aromatic heterocycles. The second kappa shape index (κ2) is 7.42. The van der Waals surface area contributed by atoms with E-state index in [-0.39, 0.29) is 29.6 Å². The molecule has 0 bridgehead atoms. The van der Waals surface area contributed by atoms with Crippen molar-refractivity contribution in [2.24, 2.45) is 11.8 Å². The van der Waals surface area contributed by atoms with Gasteiger partial charge in [-0.15, -0.1) is 0 Å². The van der Waals surface area contributed by atoms with Gasteiger partial charge in [-0.25, -0.2) is 0 Å². The van der Waals surface area contributed by atoms with Crippen LogP contribution in [0.1, 0.15) is 25.7 Å². The molecule has 0 saturated carbocycles. The lowest BCUT2D eigenvalue weighted by molar-refractivity contribution is -0.150. The summed E-state index contributed by atoms with van der Waals surface area (Å²) in [5.74, 6) is -0.174. The Hall–Kier alpha value is -1.85. The van der Waals surface area contributed by atoms with Crippen LogP contribution in [0.3, 0.4) is 0 Å². The first-order valence-electron chi connectivity index (χ1n) is 7.84. The summed E-state index contributed by atoms with van der Waals surface area (Å²) in [6, 6.07) is 0. The van der Waals surface area contributed by atoms with Crippen molar-refractivity contribution < 1.29 is 19.1 Å². The first-order valence-corrected chi connectivity index (χ1v) is 7.84. The van der Waals surface area contributed by atoms with Gasteiger partial charge in [0, 0.05) is 32.1 Å². The van der Waals surface area contributed by atoms with Gasteiger partial charge >= 0.3 is 5.97 Å². The molecule has 2 aliphatic rings. The minimum atomic E-state index is -0.177. The van der Waals surface area contributed by atoms with E-state index in [1.807, 2.05) is 4.90 Å². The van der Waals surface area contributed by atoms with Crippen molar-refractivity contribution in [3.05, 3.63) is 12.7 Å². The summed E-state index contributed by atoms with van der Waals surface area (Å²) in [7, 11) is 1.40. The van der Waals surface area contributed by atoms with Crippen molar-refractivity contribution in [3.8, 4) is 0 Å². The number of piperidine rings is 2. The number of likely N-dealkylation sites (tertiary alicyclic amines) is 2. The SMILES string of the molecule is C=CC(=O)N1CCC(C(=O)N2CCC(C(=O)OC)CC2)CC1. The minimum absolute atomic E-state index is 0.0106. The molecule has 0 aliphatic carbocycles. The molecule has 0 spiro atoms. The number of methoxy groups -OCH3 is 1. The number of carbonyl (C=O) groups is 3. The van der Waals surface area contributed by atoms with Crippen molar-refractivity contribution in [2.75, 3.05) is 33.3 Å². The quantitative estimate of drug-likeness (QED) is 0.572. The van der Waals surface area contributed by atoms with E-state index in [1.54, 1.807) is 4.90 Å². The molecule has 0 atom stereocenters. The van der Waals surface area contributed by atoms with E-state index in [9.17, 15) is 14.4 Å². The maximum Gasteiger partial charge on any atom is 0.308 e. The van der Waals surface area contributed by atoms with Gasteiger partial charge in [-0.05, 0) is 31.8 Å². The van der Waals surface area contributed by atoms with Crippen LogP contribution in [0, 0.1) is 11.8 Å². The second-order valence-corrected chi connectivity index (χ2v) is 5.93. The van der Waals surface area contributed by atoms with Gasteiger partial charge in [0.25, 0.3) is 0 Å². The van der Waals surface area contributed by atoms with Crippen LogP contribution in [0.2, 0.25) is 0 Å². The van der Waals surface area contributed by atoms with Gasteiger partial charge < -0.3 is 14.5 Å². The zero-order chi connectivity index (χ0) is 16.1. The zero-order valence-electron chi connectivity index (χ0n) is 13.1. The average Bonchev–Trinajstić information content (AvgIpc) is 2.60. The van der Waals surface area contributed by atoms with Gasteiger partial charge in [-0.1, -0.05) is 6.58 Å². The third kappa shape index (κ3) is 3.67. The molecule has 0 unspecified atom stereocenters. The molecule has 0 aromatic rings. The summed E-state index contributed by atoms with van der Waals surface area (Å²) in [6.45, 7) is 5.94. The Labute approximate surface area is 131 Å². The summed E-state index contributed by atoms with van der Waals surface area (Å²) in [6.07, 6.45) is 4.07. The van der Waals surface area contributed by atoms with Gasteiger partial charge in [0.1, 0.15) is 0 Å². The van der Waals surface area contributed by atoms with Gasteiger partial charge in [-0.3, -0.25) is 14.4 Å². The number of hydrogen-bond donors (Lipinski definition) is 0. The number of nitrogens with zero attached hydrogens (tertiary/aromatic N) is 2. The van der Waals surface area contributed by atoms with Gasteiger partial charge in [0.2, 0.25) is 11.8 Å². The zero-order valence-corrected chi connectivity index (χ0v) is 13.1. The Kier molecular flexibility index (Phi) is 5.57. The highest BCUT2D eigenvalue weighted by Gasteiger charge is 2.33. The van der Waals surface area contributed by atoms with E-state index in [0.29, 0.717) is 51.9 Å². The fourth-order valence-electron chi connectivity index (χ4n) is 3.24. The largest absolute Gasteiger partial charge is 0.469 e. The maximum absolute atomic E-state index is 12.5. The van der Waals surface area contributed by atoms with Crippen LogP contribution in [0.25, 0.3) is 0 Å². The first kappa shape index (κ1) is 16.5. The molecule has 6 nitrogen and oxygen atoms in total. The molecule has 6 heteroatoms. The van der Waals surface area contributed by atoms with Crippen molar-refractivity contribution in [1.29, 1.82) is 0 Å². The normalized spacial score (nSPS) is 20.6. The average molecular weight is 308 g/mol. The van der Waals surface area contributed by atoms with Crippen LogP contribution in [-0.2, 0) is 19.1 Å². The van der Waals surface area contributed by atoms with E-state index in [1.165, 1.54) is 13.2 Å². The fraction of sp³-hybridized carbons (Fsp3) is 0.688. The summed E-state index contributed by atoms with van der Waals surface area (Å²) in [5, 5.41) is 0. The smallest absolute Gasteiger partial charge is 0.308 e.